The van der Waals surface area contributed by atoms with Crippen molar-refractivity contribution in [1.29, 1.82) is 0 Å². The van der Waals surface area contributed by atoms with E-state index in [9.17, 15) is 4.79 Å². The maximum absolute atomic E-state index is 12.1. The highest BCUT2D eigenvalue weighted by Crippen LogP contribution is 2.26. The van der Waals surface area contributed by atoms with E-state index in [2.05, 4.69) is 20.8 Å². The molecular formula is C18H16Cl2N4O2S. The monoisotopic (exact) mass is 422 g/mol. The zero-order chi connectivity index (χ0) is 19.4. The number of ether oxygens (including phenoxy) is 1. The molecule has 3 aromatic rings. The topological polar surface area (TPSA) is 76.1 Å². The third-order valence-corrected chi connectivity index (χ3v) is 4.92. The van der Waals surface area contributed by atoms with Crippen molar-refractivity contribution in [3.63, 3.8) is 0 Å². The molecule has 0 spiro atoms. The molecule has 6 nitrogen and oxygen atoms in total. The molecule has 1 aromatic heterocycles. The number of carbonyl (C=O) groups is 1. The van der Waals surface area contributed by atoms with E-state index in [1.165, 1.54) is 11.3 Å². The summed E-state index contributed by atoms with van der Waals surface area (Å²) in [6, 6.07) is 10.3. The third kappa shape index (κ3) is 5.32. The Balaban J connectivity index is 1.57. The minimum Gasteiger partial charge on any atom is -0.486 e. The number of aryl methyl sites for hydroxylation is 2. The zero-order valence-corrected chi connectivity index (χ0v) is 16.9. The number of urea groups is 1. The number of hydrogen-bond acceptors (Lipinski definition) is 5. The molecule has 0 fully saturated rings. The lowest BCUT2D eigenvalue weighted by Gasteiger charge is -2.08. The van der Waals surface area contributed by atoms with Gasteiger partial charge in [0.2, 0.25) is 5.13 Å². The molecule has 0 unspecified atom stereocenters. The zero-order valence-electron chi connectivity index (χ0n) is 14.5. The van der Waals surface area contributed by atoms with Gasteiger partial charge < -0.3 is 10.1 Å². The van der Waals surface area contributed by atoms with E-state index in [0.29, 0.717) is 25.9 Å². The lowest BCUT2D eigenvalue weighted by Crippen LogP contribution is -2.19. The summed E-state index contributed by atoms with van der Waals surface area (Å²) in [5.74, 6) is 0.801. The standard InChI is InChI=1S/C18H16Cl2N4O2S/c1-10-3-4-11(2)15(7-10)26-9-16-23-24-18(27-16)22-17(25)21-14-6-5-12(19)8-13(14)20/h3-8H,9H2,1-2H3,(H2,21,22,24,25). The lowest BCUT2D eigenvalue weighted by molar-refractivity contribution is 0.262. The molecule has 0 bridgehead atoms. The Kier molecular flexibility index (Phi) is 6.15. The summed E-state index contributed by atoms with van der Waals surface area (Å²) in [6.07, 6.45) is 0. The number of carbonyl (C=O) groups excluding carboxylic acids is 1. The molecule has 27 heavy (non-hydrogen) atoms. The van der Waals surface area contributed by atoms with Gasteiger partial charge in [-0.3, -0.25) is 5.32 Å². The Bertz CT molecular complexity index is 978. The molecule has 0 saturated carbocycles. The molecule has 2 amide bonds. The summed E-state index contributed by atoms with van der Waals surface area (Å²) < 4.78 is 5.79. The number of hydrogen-bond donors (Lipinski definition) is 2. The molecule has 0 radical (unpaired) electrons. The van der Waals surface area contributed by atoms with Crippen molar-refractivity contribution >= 4 is 51.4 Å². The van der Waals surface area contributed by atoms with Crippen molar-refractivity contribution in [2.75, 3.05) is 10.6 Å². The first-order valence-electron chi connectivity index (χ1n) is 7.96. The van der Waals surface area contributed by atoms with Crippen molar-refractivity contribution < 1.29 is 9.53 Å². The first-order chi connectivity index (χ1) is 12.9. The first-order valence-corrected chi connectivity index (χ1v) is 9.53. The van der Waals surface area contributed by atoms with Crippen LogP contribution in [0.15, 0.2) is 36.4 Å². The van der Waals surface area contributed by atoms with Crippen LogP contribution in [0.4, 0.5) is 15.6 Å². The quantitative estimate of drug-likeness (QED) is 0.553. The third-order valence-electron chi connectivity index (χ3n) is 3.56. The number of anilines is 2. The fraction of sp³-hybridized carbons (Fsp3) is 0.167. The highest BCUT2D eigenvalue weighted by Gasteiger charge is 2.11. The van der Waals surface area contributed by atoms with E-state index in [4.69, 9.17) is 27.9 Å². The van der Waals surface area contributed by atoms with E-state index < -0.39 is 6.03 Å². The van der Waals surface area contributed by atoms with Gasteiger partial charge in [0.05, 0.1) is 10.7 Å². The number of nitrogens with zero attached hydrogens (tertiary/aromatic N) is 2. The molecule has 0 aliphatic carbocycles. The molecule has 9 heteroatoms. The van der Waals surface area contributed by atoms with E-state index in [1.807, 2.05) is 32.0 Å². The van der Waals surface area contributed by atoms with Crippen LogP contribution in [0.1, 0.15) is 16.1 Å². The number of rotatable bonds is 5. The number of halogens is 2. The van der Waals surface area contributed by atoms with Gasteiger partial charge in [0.1, 0.15) is 12.4 Å². The molecule has 140 valence electrons. The van der Waals surface area contributed by atoms with Crippen molar-refractivity contribution in [3.05, 3.63) is 62.6 Å². The molecule has 2 aromatic carbocycles. The van der Waals surface area contributed by atoms with Gasteiger partial charge in [-0.05, 0) is 49.2 Å². The van der Waals surface area contributed by atoms with Crippen LogP contribution in [0.3, 0.4) is 0 Å². The van der Waals surface area contributed by atoms with Crippen molar-refractivity contribution in [3.8, 4) is 5.75 Å². The van der Waals surface area contributed by atoms with Gasteiger partial charge in [0.15, 0.2) is 5.01 Å². The Morgan fingerprint density at radius 3 is 2.70 bits per heavy atom. The second-order valence-corrected chi connectivity index (χ2v) is 7.67. The van der Waals surface area contributed by atoms with Crippen molar-refractivity contribution in [1.82, 2.24) is 10.2 Å². The number of nitrogens with one attached hydrogen (secondary N) is 2. The van der Waals surface area contributed by atoms with Gasteiger partial charge in [0.25, 0.3) is 0 Å². The minimum absolute atomic E-state index is 0.272. The molecule has 0 saturated heterocycles. The number of amides is 2. The average Bonchev–Trinajstić information content (AvgIpc) is 3.05. The van der Waals surface area contributed by atoms with Crippen LogP contribution in [0, 0.1) is 13.8 Å². The highest BCUT2D eigenvalue weighted by molar-refractivity contribution is 7.15. The minimum atomic E-state index is -0.475. The van der Waals surface area contributed by atoms with Gasteiger partial charge in [0, 0.05) is 5.02 Å². The predicted molar refractivity (Wildman–Crippen MR) is 109 cm³/mol. The van der Waals surface area contributed by atoms with Crippen molar-refractivity contribution in [2.24, 2.45) is 0 Å². The van der Waals surface area contributed by atoms with Crippen LogP contribution >= 0.6 is 34.5 Å². The Labute approximate surface area is 170 Å². The van der Waals surface area contributed by atoms with Crippen LogP contribution in [0.5, 0.6) is 5.75 Å². The van der Waals surface area contributed by atoms with Gasteiger partial charge >= 0.3 is 6.03 Å². The second-order valence-electron chi connectivity index (χ2n) is 5.76. The van der Waals surface area contributed by atoms with Crippen LogP contribution in [0.25, 0.3) is 0 Å². The molecule has 3 rings (SSSR count). The van der Waals surface area contributed by atoms with Gasteiger partial charge in [-0.25, -0.2) is 4.79 Å². The van der Waals surface area contributed by atoms with Crippen LogP contribution in [-0.4, -0.2) is 16.2 Å². The Hall–Kier alpha value is -2.35. The predicted octanol–water partition coefficient (Wildman–Crippen LogP) is 5.68. The lowest BCUT2D eigenvalue weighted by atomic mass is 10.1. The summed E-state index contributed by atoms with van der Waals surface area (Å²) in [5, 5.41) is 15.1. The molecule has 2 N–H and O–H groups in total. The summed E-state index contributed by atoms with van der Waals surface area (Å²) >= 11 is 13.1. The van der Waals surface area contributed by atoms with E-state index in [0.717, 1.165) is 16.9 Å². The maximum Gasteiger partial charge on any atom is 0.325 e. The normalized spacial score (nSPS) is 10.5. The van der Waals surface area contributed by atoms with E-state index in [1.54, 1.807) is 18.2 Å². The highest BCUT2D eigenvalue weighted by atomic mass is 35.5. The van der Waals surface area contributed by atoms with E-state index in [-0.39, 0.29) is 6.61 Å². The summed E-state index contributed by atoms with van der Waals surface area (Å²) in [7, 11) is 0. The fourth-order valence-corrected chi connectivity index (χ4v) is 3.31. The Morgan fingerprint density at radius 2 is 1.93 bits per heavy atom. The van der Waals surface area contributed by atoms with Gasteiger partial charge in [-0.15, -0.1) is 10.2 Å². The largest absolute Gasteiger partial charge is 0.486 e. The summed E-state index contributed by atoms with van der Waals surface area (Å²) in [6.45, 7) is 4.26. The van der Waals surface area contributed by atoms with Crippen LogP contribution < -0.4 is 15.4 Å². The van der Waals surface area contributed by atoms with Crippen molar-refractivity contribution in [2.45, 2.75) is 20.5 Å². The first kappa shape index (κ1) is 19.4. The number of benzene rings is 2. The summed E-state index contributed by atoms with van der Waals surface area (Å²) in [5.41, 5.74) is 2.61. The van der Waals surface area contributed by atoms with Gasteiger partial charge in [-0.1, -0.05) is 46.7 Å². The maximum atomic E-state index is 12.1. The summed E-state index contributed by atoms with van der Waals surface area (Å²) in [4.78, 5) is 12.1. The van der Waals surface area contributed by atoms with Gasteiger partial charge in [-0.2, -0.15) is 0 Å². The fourth-order valence-electron chi connectivity index (χ4n) is 2.21. The number of aromatic nitrogens is 2. The molecule has 1 heterocycles. The molecule has 0 aliphatic heterocycles. The van der Waals surface area contributed by atoms with E-state index >= 15 is 0 Å². The molecule has 0 aliphatic rings. The Morgan fingerprint density at radius 1 is 1.11 bits per heavy atom. The smallest absolute Gasteiger partial charge is 0.325 e. The van der Waals surface area contributed by atoms with Crippen LogP contribution in [0.2, 0.25) is 10.0 Å². The SMILES string of the molecule is Cc1ccc(C)c(OCc2nnc(NC(=O)Nc3ccc(Cl)cc3Cl)s2)c1. The van der Waals surface area contributed by atoms with Crippen LogP contribution in [-0.2, 0) is 6.61 Å². The molecular weight excluding hydrogens is 407 g/mol. The average molecular weight is 423 g/mol. The molecule has 0 atom stereocenters. The second kappa shape index (κ2) is 8.56.